The van der Waals surface area contributed by atoms with E-state index in [2.05, 4.69) is 10.2 Å². The number of ether oxygens (including phenoxy) is 1. The lowest BCUT2D eigenvalue weighted by molar-refractivity contribution is -0.252. The highest BCUT2D eigenvalue weighted by Crippen LogP contribution is 2.34. The second-order valence-corrected chi connectivity index (χ2v) is 7.78. The monoisotopic (exact) mass is 450 g/mol. The van der Waals surface area contributed by atoms with Crippen LogP contribution in [-0.2, 0) is 4.74 Å². The topological polar surface area (TPSA) is 122 Å². The molecule has 33 heavy (non-hydrogen) atoms. The van der Waals surface area contributed by atoms with Crippen LogP contribution < -0.4 is 10.2 Å². The average Bonchev–Trinajstić information content (AvgIpc) is 2.86. The molecule has 0 aliphatic carbocycles. The number of aliphatic hydroxyl groups excluding tert-OH is 4. The minimum Gasteiger partial charge on any atom is -0.394 e. The van der Waals surface area contributed by atoms with Gasteiger partial charge in [0.05, 0.1) is 6.61 Å². The van der Waals surface area contributed by atoms with Crippen LogP contribution in [0.4, 0.5) is 17.1 Å². The molecule has 0 bridgehead atoms. The number of hydrogen-bond acceptors (Lipinski definition) is 7. The predicted octanol–water partition coefficient (Wildman–Crippen LogP) is 1.69. The molecule has 172 valence electrons. The number of anilines is 3. The number of hydrogen-bond donors (Lipinski definition) is 5. The largest absolute Gasteiger partial charge is 0.394 e. The van der Waals surface area contributed by atoms with Crippen molar-refractivity contribution in [3.8, 4) is 0 Å². The molecular weight excluding hydrogens is 424 g/mol. The molecular formula is C25H26N2O6. The van der Waals surface area contributed by atoms with Crippen molar-refractivity contribution in [1.82, 2.24) is 5.32 Å². The molecule has 1 amide bonds. The Bertz CT molecular complexity index is 1010. The van der Waals surface area contributed by atoms with Crippen molar-refractivity contribution in [3.05, 3.63) is 90.5 Å². The molecule has 5 atom stereocenters. The fourth-order valence-electron chi connectivity index (χ4n) is 3.85. The Labute approximate surface area is 191 Å². The number of amides is 1. The number of nitrogens with zero attached hydrogens (tertiary/aromatic N) is 1. The van der Waals surface area contributed by atoms with Gasteiger partial charge in [-0.25, -0.2) is 0 Å². The Hall–Kier alpha value is -3.27. The molecule has 0 radical (unpaired) electrons. The van der Waals surface area contributed by atoms with Crippen LogP contribution in [0.1, 0.15) is 10.4 Å². The maximum absolute atomic E-state index is 12.7. The van der Waals surface area contributed by atoms with Crippen molar-refractivity contribution in [2.75, 3.05) is 11.5 Å². The van der Waals surface area contributed by atoms with Gasteiger partial charge in [-0.2, -0.15) is 0 Å². The number of para-hydroxylation sites is 2. The van der Waals surface area contributed by atoms with E-state index < -0.39 is 43.2 Å². The summed E-state index contributed by atoms with van der Waals surface area (Å²) in [6, 6.07) is 25.3. The first kappa shape index (κ1) is 22.9. The molecule has 3 aromatic carbocycles. The zero-order valence-corrected chi connectivity index (χ0v) is 17.7. The predicted molar refractivity (Wildman–Crippen MR) is 122 cm³/mol. The van der Waals surface area contributed by atoms with Gasteiger partial charge in [-0.3, -0.25) is 4.79 Å². The Morgan fingerprint density at radius 1 is 0.788 bits per heavy atom. The van der Waals surface area contributed by atoms with Crippen molar-refractivity contribution in [2.45, 2.75) is 30.6 Å². The van der Waals surface area contributed by atoms with Gasteiger partial charge in [-0.05, 0) is 48.5 Å². The first-order chi connectivity index (χ1) is 16.0. The third-order valence-corrected chi connectivity index (χ3v) is 5.61. The maximum atomic E-state index is 12.7. The van der Waals surface area contributed by atoms with Gasteiger partial charge in [0, 0.05) is 22.6 Å². The first-order valence-electron chi connectivity index (χ1n) is 10.6. The molecule has 5 unspecified atom stereocenters. The van der Waals surface area contributed by atoms with E-state index in [9.17, 15) is 25.2 Å². The van der Waals surface area contributed by atoms with Crippen LogP contribution in [0, 0.1) is 0 Å². The minimum absolute atomic E-state index is 0.304. The normalized spacial score (nSPS) is 24.8. The molecule has 1 aliphatic heterocycles. The molecule has 1 aliphatic rings. The molecule has 0 spiro atoms. The van der Waals surface area contributed by atoms with Crippen LogP contribution >= 0.6 is 0 Å². The number of carbonyl (C=O) groups is 1. The highest BCUT2D eigenvalue weighted by atomic mass is 16.6. The average molecular weight is 450 g/mol. The van der Waals surface area contributed by atoms with Gasteiger partial charge in [0.25, 0.3) is 5.91 Å². The van der Waals surface area contributed by atoms with E-state index in [1.54, 1.807) is 24.3 Å². The van der Waals surface area contributed by atoms with Crippen LogP contribution in [0.2, 0.25) is 0 Å². The van der Waals surface area contributed by atoms with Crippen molar-refractivity contribution >= 4 is 23.0 Å². The Morgan fingerprint density at radius 3 is 1.82 bits per heavy atom. The molecule has 4 rings (SSSR count). The molecule has 1 saturated heterocycles. The van der Waals surface area contributed by atoms with Crippen molar-refractivity contribution < 1.29 is 30.0 Å². The van der Waals surface area contributed by atoms with Crippen LogP contribution in [0.5, 0.6) is 0 Å². The van der Waals surface area contributed by atoms with Gasteiger partial charge >= 0.3 is 0 Å². The highest BCUT2D eigenvalue weighted by molar-refractivity contribution is 5.95. The number of nitrogens with one attached hydrogen (secondary N) is 1. The Morgan fingerprint density at radius 2 is 1.30 bits per heavy atom. The smallest absolute Gasteiger partial charge is 0.251 e. The summed E-state index contributed by atoms with van der Waals surface area (Å²) >= 11 is 0. The SMILES string of the molecule is O=C(NC1C(O)OC(CO)C(O)C1O)c1ccc(N(c2ccccc2)c2ccccc2)cc1. The number of benzene rings is 3. The van der Waals surface area contributed by atoms with Gasteiger partial charge in [0.15, 0.2) is 6.29 Å². The lowest BCUT2D eigenvalue weighted by Gasteiger charge is -2.40. The molecule has 3 aromatic rings. The summed E-state index contributed by atoms with van der Waals surface area (Å²) in [4.78, 5) is 14.8. The second-order valence-electron chi connectivity index (χ2n) is 7.78. The highest BCUT2D eigenvalue weighted by Gasteiger charge is 2.44. The standard InChI is InChI=1S/C25H26N2O6/c28-15-20-22(29)23(30)21(25(32)33-20)26-24(31)16-11-13-19(14-12-16)27(17-7-3-1-4-8-17)18-9-5-2-6-10-18/h1-14,20-23,25,28-30,32H,15H2,(H,26,31). The molecule has 1 heterocycles. The van der Waals surface area contributed by atoms with Crippen molar-refractivity contribution in [2.24, 2.45) is 0 Å². The Balaban J connectivity index is 1.54. The molecule has 8 heteroatoms. The minimum atomic E-state index is -1.57. The van der Waals surface area contributed by atoms with E-state index in [4.69, 9.17) is 4.74 Å². The van der Waals surface area contributed by atoms with Crippen LogP contribution in [0.25, 0.3) is 0 Å². The fourth-order valence-corrected chi connectivity index (χ4v) is 3.85. The molecule has 1 fully saturated rings. The van der Waals surface area contributed by atoms with E-state index in [-0.39, 0.29) is 0 Å². The first-order valence-corrected chi connectivity index (χ1v) is 10.6. The van der Waals surface area contributed by atoms with Crippen molar-refractivity contribution in [3.63, 3.8) is 0 Å². The van der Waals surface area contributed by atoms with Crippen LogP contribution in [0.15, 0.2) is 84.9 Å². The molecule has 0 aromatic heterocycles. The Kier molecular flexibility index (Phi) is 7.02. The van der Waals surface area contributed by atoms with Gasteiger partial charge in [-0.15, -0.1) is 0 Å². The van der Waals surface area contributed by atoms with Gasteiger partial charge in [0.1, 0.15) is 24.4 Å². The van der Waals surface area contributed by atoms with E-state index >= 15 is 0 Å². The van der Waals surface area contributed by atoms with E-state index in [1.807, 2.05) is 60.7 Å². The summed E-state index contributed by atoms with van der Waals surface area (Å²) in [7, 11) is 0. The van der Waals surface area contributed by atoms with Gasteiger partial charge in [-0.1, -0.05) is 36.4 Å². The van der Waals surface area contributed by atoms with Crippen molar-refractivity contribution in [1.29, 1.82) is 0 Å². The zero-order chi connectivity index (χ0) is 23.4. The number of rotatable bonds is 6. The molecule has 0 saturated carbocycles. The zero-order valence-electron chi connectivity index (χ0n) is 17.7. The van der Waals surface area contributed by atoms with Crippen LogP contribution in [-0.4, -0.2) is 63.6 Å². The van der Waals surface area contributed by atoms with E-state index in [1.165, 1.54) is 0 Å². The van der Waals surface area contributed by atoms with E-state index in [0.717, 1.165) is 17.1 Å². The van der Waals surface area contributed by atoms with Gasteiger partial charge in [0.2, 0.25) is 0 Å². The summed E-state index contributed by atoms with van der Waals surface area (Å²) in [6.07, 6.45) is -5.66. The summed E-state index contributed by atoms with van der Waals surface area (Å²) in [5.74, 6) is -0.547. The molecule has 5 N–H and O–H groups in total. The summed E-state index contributed by atoms with van der Waals surface area (Å²) in [5.41, 5.74) is 3.06. The van der Waals surface area contributed by atoms with E-state index in [0.29, 0.717) is 5.56 Å². The fraction of sp³-hybridized carbons (Fsp3) is 0.240. The number of aliphatic hydroxyl groups is 4. The lowest BCUT2D eigenvalue weighted by Crippen LogP contribution is -2.64. The summed E-state index contributed by atoms with van der Waals surface area (Å²) < 4.78 is 5.09. The second kappa shape index (κ2) is 10.1. The van der Waals surface area contributed by atoms with Gasteiger partial charge < -0.3 is 35.4 Å². The van der Waals surface area contributed by atoms with Crippen LogP contribution in [0.3, 0.4) is 0 Å². The quantitative estimate of drug-likeness (QED) is 0.387. The third-order valence-electron chi connectivity index (χ3n) is 5.61. The maximum Gasteiger partial charge on any atom is 0.251 e. The third kappa shape index (κ3) is 4.90. The molecule has 8 nitrogen and oxygen atoms in total. The summed E-state index contributed by atoms with van der Waals surface area (Å²) in [5, 5.41) is 42.1. The lowest BCUT2D eigenvalue weighted by atomic mass is 9.96. The number of carbonyl (C=O) groups excluding carboxylic acids is 1. The summed E-state index contributed by atoms with van der Waals surface area (Å²) in [6.45, 7) is -0.573.